The van der Waals surface area contributed by atoms with Crippen molar-refractivity contribution in [2.45, 2.75) is 61.0 Å². The first-order valence-electron chi connectivity index (χ1n) is 20.9. The van der Waals surface area contributed by atoms with Crippen LogP contribution in [0.15, 0.2) is 176 Å². The fraction of sp³-hybridized carbons (Fsp3) is 0.189. The quantitative estimate of drug-likeness (QED) is 0.0819. The molecule has 2 aliphatic heterocycles. The van der Waals surface area contributed by atoms with Gasteiger partial charge in [-0.1, -0.05) is 213 Å². The molecule has 0 radical (unpaired) electrons. The largest absolute Gasteiger partial charge is 0.534 e. The number of hydrogen-bond acceptors (Lipinski definition) is 5. The van der Waals surface area contributed by atoms with Gasteiger partial charge in [0.1, 0.15) is 23.0 Å². The van der Waals surface area contributed by atoms with E-state index in [0.717, 1.165) is 31.9 Å². The molecule has 7 aromatic carbocycles. The Morgan fingerprint density at radius 1 is 0.500 bits per heavy atom. The molecule has 0 aliphatic carbocycles. The Labute approximate surface area is 383 Å². The minimum absolute atomic E-state index is 0.268. The normalized spacial score (nSPS) is 14.4. The molecule has 0 N–H and O–H groups in total. The highest BCUT2D eigenvalue weighted by atomic mass is 79.9. The lowest BCUT2D eigenvalue weighted by molar-refractivity contribution is 0.0224. The summed E-state index contributed by atoms with van der Waals surface area (Å²) in [6, 6.07) is 60.2. The molecule has 0 unspecified atom stereocenters. The number of carbonyl (C=O) groups excluding carboxylic acids is 1. The van der Waals surface area contributed by atoms with E-state index in [2.05, 4.69) is 170 Å². The number of rotatable bonds is 9. The van der Waals surface area contributed by atoms with Crippen LogP contribution in [-0.2, 0) is 10.3 Å². The summed E-state index contributed by atoms with van der Waals surface area (Å²) in [4.78, 5) is 14.3. The molecule has 0 bridgehead atoms. The van der Waals surface area contributed by atoms with Gasteiger partial charge < -0.3 is 18.3 Å². The van der Waals surface area contributed by atoms with Gasteiger partial charge >= 0.3 is 22.6 Å². The maximum Gasteiger partial charge on any atom is 0.340 e. The molecule has 1 spiro atoms. The Balaban J connectivity index is 1.25. The summed E-state index contributed by atoms with van der Waals surface area (Å²) < 4.78 is 28.6. The summed E-state index contributed by atoms with van der Waals surface area (Å²) in [5.74, 6) is 2.00. The van der Waals surface area contributed by atoms with Crippen LogP contribution in [0.3, 0.4) is 0 Å². The third-order valence-corrected chi connectivity index (χ3v) is 23.3. The van der Waals surface area contributed by atoms with E-state index in [0.29, 0.717) is 39.7 Å². The van der Waals surface area contributed by atoms with Crippen LogP contribution in [0.5, 0.6) is 23.0 Å². The lowest BCUT2D eigenvalue weighted by Crippen LogP contribution is -2.68. The Bertz CT molecular complexity index is 2540. The van der Waals surface area contributed by atoms with E-state index in [-0.39, 0.29) is 13.8 Å². The molecule has 0 saturated carbocycles. The molecule has 0 saturated heterocycles. The molecule has 0 amide bonds. The predicted octanol–water partition coefficient (Wildman–Crippen LogP) is 11.9. The van der Waals surface area contributed by atoms with Crippen molar-refractivity contribution >= 4 is 75.2 Å². The van der Waals surface area contributed by atoms with Gasteiger partial charge in [-0.25, -0.2) is 4.79 Å². The summed E-state index contributed by atoms with van der Waals surface area (Å²) in [5.41, 5.74) is 2.17. The van der Waals surface area contributed by atoms with E-state index in [1.54, 1.807) is 0 Å². The zero-order valence-corrected chi connectivity index (χ0v) is 40.8. The predicted molar refractivity (Wildman–Crippen MR) is 262 cm³/mol. The first-order chi connectivity index (χ1) is 29.7. The number of carbonyl (C=O) groups is 1. The monoisotopic (exact) mass is 978 g/mol. The van der Waals surface area contributed by atoms with Crippen LogP contribution in [0.1, 0.15) is 77.9 Å². The number of fused-ring (bicyclic) bond motifs is 6. The molecule has 0 fully saturated rings. The van der Waals surface area contributed by atoms with Gasteiger partial charge in [-0.3, -0.25) is 0 Å². The first-order valence-corrected chi connectivity index (χ1v) is 26.6. The van der Waals surface area contributed by atoms with Crippen molar-refractivity contribution in [1.29, 1.82) is 0 Å². The van der Waals surface area contributed by atoms with Crippen molar-refractivity contribution in [1.82, 2.24) is 0 Å². The fourth-order valence-electron chi connectivity index (χ4n) is 9.72. The van der Waals surface area contributed by atoms with Crippen molar-refractivity contribution < 1.29 is 23.1 Å². The van der Waals surface area contributed by atoms with E-state index in [9.17, 15) is 4.79 Å². The second-order valence-corrected chi connectivity index (χ2v) is 29.6. The van der Waals surface area contributed by atoms with Gasteiger partial charge in [0.25, 0.3) is 0 Å². The fourth-order valence-corrected chi connectivity index (χ4v) is 19.3. The summed E-state index contributed by atoms with van der Waals surface area (Å²) in [7, 11) is -6.04. The minimum Gasteiger partial charge on any atom is -0.534 e. The van der Waals surface area contributed by atoms with Crippen molar-refractivity contribution in [3.05, 3.63) is 204 Å². The Kier molecular flexibility index (Phi) is 10.8. The molecular weight excluding hydrogens is 933 g/mol. The van der Waals surface area contributed by atoms with Gasteiger partial charge in [-0.15, -0.1) is 0 Å². The Morgan fingerprint density at radius 3 is 1.24 bits per heavy atom. The highest BCUT2D eigenvalue weighted by Crippen LogP contribution is 2.58. The number of benzene rings is 7. The van der Waals surface area contributed by atoms with Crippen LogP contribution >= 0.6 is 31.9 Å². The number of hydrogen-bond donors (Lipinski definition) is 0. The van der Waals surface area contributed by atoms with Gasteiger partial charge in [0, 0.05) is 28.8 Å². The van der Waals surface area contributed by atoms with Gasteiger partial charge in [0.2, 0.25) is 0 Å². The van der Waals surface area contributed by atoms with Gasteiger partial charge in [-0.2, -0.15) is 0 Å². The molecule has 312 valence electrons. The summed E-state index contributed by atoms with van der Waals surface area (Å²) >= 11 is 7.36. The molecule has 2 heterocycles. The second kappa shape index (κ2) is 15.9. The standard InChI is InChI=1S/C53H48Br2O5Si2/c1-51(2,3)61(38-20-11-7-12-21-38,39-22-13-8-14-23-39)59-36-30-32-43-46(34-36)57-47-35-37(31-33-44(47)53(43)45-29-19-28-42(49(54)55)48(45)50(56)58-53)60-62(52(4,5)6,40-24-15-9-16-25-40)41-26-17-10-18-27-41/h7-35,49H,1-6H3. The van der Waals surface area contributed by atoms with Crippen molar-refractivity contribution in [3.8, 4) is 23.0 Å². The highest BCUT2D eigenvalue weighted by molar-refractivity contribution is 9.24. The molecule has 0 aromatic heterocycles. The summed E-state index contributed by atoms with van der Waals surface area (Å²) in [6.07, 6.45) is 0. The SMILES string of the molecule is CC(C)(C)[Si](Oc1ccc2c(c1)Oc1cc(O[Si](c3ccccc3)(c3ccccc3)C(C)(C)C)ccc1C21OC(=O)c2c(C(Br)Br)cccc21)(c1ccccc1)c1ccccc1. The van der Waals surface area contributed by atoms with Gasteiger partial charge in [-0.05, 0) is 60.7 Å². The molecular formula is C53H48Br2O5Si2. The van der Waals surface area contributed by atoms with Crippen LogP contribution in [0, 0.1) is 0 Å². The lowest BCUT2D eigenvalue weighted by Gasteiger charge is -2.43. The van der Waals surface area contributed by atoms with Crippen LogP contribution in [0.25, 0.3) is 0 Å². The highest BCUT2D eigenvalue weighted by Gasteiger charge is 2.57. The molecule has 0 atom stereocenters. The Hall–Kier alpha value is -5.20. The number of alkyl halides is 2. The maximum absolute atomic E-state index is 14.3. The smallest absolute Gasteiger partial charge is 0.340 e. The molecule has 2 aliphatic rings. The molecule has 5 nitrogen and oxygen atoms in total. The van der Waals surface area contributed by atoms with Gasteiger partial charge in [0.15, 0.2) is 5.60 Å². The summed E-state index contributed by atoms with van der Waals surface area (Å²) in [5, 5.41) is 4.10. The molecule has 9 heteroatoms. The number of halogens is 2. The van der Waals surface area contributed by atoms with E-state index in [1.807, 2.05) is 78.9 Å². The van der Waals surface area contributed by atoms with Crippen LogP contribution in [0.4, 0.5) is 0 Å². The average Bonchev–Trinajstić information content (AvgIpc) is 3.56. The first kappa shape index (κ1) is 42.1. The third-order valence-electron chi connectivity index (χ3n) is 12.4. The van der Waals surface area contributed by atoms with Crippen LogP contribution in [0.2, 0.25) is 10.1 Å². The van der Waals surface area contributed by atoms with E-state index in [4.69, 9.17) is 18.3 Å². The van der Waals surface area contributed by atoms with E-state index >= 15 is 0 Å². The molecule has 62 heavy (non-hydrogen) atoms. The van der Waals surface area contributed by atoms with E-state index < -0.39 is 28.2 Å². The van der Waals surface area contributed by atoms with Crippen LogP contribution < -0.4 is 34.3 Å². The average molecular weight is 981 g/mol. The van der Waals surface area contributed by atoms with Crippen molar-refractivity contribution in [2.75, 3.05) is 0 Å². The zero-order valence-electron chi connectivity index (χ0n) is 35.6. The minimum atomic E-state index is -3.02. The third kappa shape index (κ3) is 6.71. The maximum atomic E-state index is 14.3. The van der Waals surface area contributed by atoms with Crippen LogP contribution in [-0.4, -0.2) is 22.6 Å². The number of ether oxygens (including phenoxy) is 2. The van der Waals surface area contributed by atoms with Crippen molar-refractivity contribution in [3.63, 3.8) is 0 Å². The number of esters is 1. The molecule has 9 rings (SSSR count). The summed E-state index contributed by atoms with van der Waals surface area (Å²) in [6.45, 7) is 13.6. The zero-order chi connectivity index (χ0) is 43.5. The van der Waals surface area contributed by atoms with Crippen molar-refractivity contribution in [2.24, 2.45) is 0 Å². The van der Waals surface area contributed by atoms with Gasteiger partial charge in [0.05, 0.1) is 9.30 Å². The topological polar surface area (TPSA) is 54.0 Å². The van der Waals surface area contributed by atoms with E-state index in [1.165, 1.54) is 0 Å². The Morgan fingerprint density at radius 2 is 0.887 bits per heavy atom. The second-order valence-electron chi connectivity index (χ2n) is 18.1. The lowest BCUT2D eigenvalue weighted by atomic mass is 9.77. The molecule has 7 aromatic rings.